The summed E-state index contributed by atoms with van der Waals surface area (Å²) in [7, 11) is 0. The number of pyridine rings is 1. The Balaban J connectivity index is 1.74. The first-order valence-electron chi connectivity index (χ1n) is 10.4. The Labute approximate surface area is 200 Å². The molecule has 3 rings (SSSR count). The van der Waals surface area contributed by atoms with E-state index >= 15 is 0 Å². The van der Waals surface area contributed by atoms with Gasteiger partial charge < -0.3 is 15.3 Å². The number of hydrogen-bond acceptors (Lipinski definition) is 3. The van der Waals surface area contributed by atoms with Crippen molar-refractivity contribution in [2.24, 2.45) is 0 Å². The van der Waals surface area contributed by atoms with Crippen LogP contribution >= 0.6 is 0 Å². The predicted octanol–water partition coefficient (Wildman–Crippen LogP) is 5.23. The summed E-state index contributed by atoms with van der Waals surface area (Å²) < 4.78 is 97.7. The highest BCUT2D eigenvalue weighted by atomic mass is 19.4. The average molecular weight is 516 g/mol. The third-order valence-electron chi connectivity index (χ3n) is 5.12. The molecule has 36 heavy (non-hydrogen) atoms. The van der Waals surface area contributed by atoms with Crippen LogP contribution in [0.15, 0.2) is 67.0 Å². The van der Waals surface area contributed by atoms with Crippen molar-refractivity contribution < 1.29 is 45.0 Å². The second kappa shape index (κ2) is 10.9. The van der Waals surface area contributed by atoms with Gasteiger partial charge in [0, 0.05) is 18.5 Å². The summed E-state index contributed by atoms with van der Waals surface area (Å²) in [6, 6.07) is 9.07. The van der Waals surface area contributed by atoms with E-state index in [0.29, 0.717) is 22.4 Å². The Morgan fingerprint density at radius 1 is 0.972 bits per heavy atom. The van der Waals surface area contributed by atoms with E-state index in [-0.39, 0.29) is 30.3 Å². The Hall–Kier alpha value is -3.67. The van der Waals surface area contributed by atoms with Crippen LogP contribution in [0, 0.1) is 11.0 Å². The highest BCUT2D eigenvalue weighted by Crippen LogP contribution is 2.36. The van der Waals surface area contributed by atoms with E-state index in [1.165, 1.54) is 30.5 Å². The summed E-state index contributed by atoms with van der Waals surface area (Å²) in [6.45, 7) is -0.873. The Morgan fingerprint density at radius 3 is 2.14 bits per heavy atom. The van der Waals surface area contributed by atoms with Crippen molar-refractivity contribution in [3.8, 4) is 0 Å². The number of benzene rings is 2. The average Bonchev–Trinajstić information content (AvgIpc) is 2.80. The minimum Gasteiger partial charge on any atom is -0.619 e. The number of ether oxygens (including phenoxy) is 1. The number of nitrogens with one attached hydrogen (secondary N) is 1. The summed E-state index contributed by atoms with van der Waals surface area (Å²) in [6.07, 6.45) is -7.75. The van der Waals surface area contributed by atoms with Gasteiger partial charge in [0.15, 0.2) is 12.4 Å². The van der Waals surface area contributed by atoms with Crippen molar-refractivity contribution >= 4 is 5.91 Å². The fourth-order valence-corrected chi connectivity index (χ4v) is 3.34. The molecule has 192 valence electrons. The van der Waals surface area contributed by atoms with E-state index in [1.54, 1.807) is 0 Å². The second-order valence-corrected chi connectivity index (χ2v) is 7.84. The highest BCUT2D eigenvalue weighted by Gasteiger charge is 2.36. The fraction of sp³-hybridized carbons (Fsp3) is 0.250. The van der Waals surface area contributed by atoms with Gasteiger partial charge in [-0.1, -0.05) is 12.1 Å². The standard InChI is InChI=1S/C24H19F7N2O3/c25-21-5-3-16(4-6-21)18(11-32-22(34)17-2-1-7-33(35)12-17)14-36-13-15-8-19(23(26,27)28)10-20(9-15)24(29,30)31/h1-10,12,18H,11,13-14H2,(H,32,34). The van der Waals surface area contributed by atoms with E-state index in [1.807, 2.05) is 0 Å². The molecule has 0 aliphatic rings. The van der Waals surface area contributed by atoms with Gasteiger partial charge in [0.2, 0.25) is 0 Å². The minimum atomic E-state index is -4.99. The monoisotopic (exact) mass is 516 g/mol. The van der Waals surface area contributed by atoms with Crippen molar-refractivity contribution in [2.75, 3.05) is 13.2 Å². The number of halogens is 7. The number of carbonyl (C=O) groups is 1. The maximum Gasteiger partial charge on any atom is 0.416 e. The number of carbonyl (C=O) groups excluding carboxylic acids is 1. The first-order chi connectivity index (χ1) is 16.8. The summed E-state index contributed by atoms with van der Waals surface area (Å²) in [4.78, 5) is 12.4. The van der Waals surface area contributed by atoms with E-state index in [0.717, 1.165) is 18.3 Å². The number of nitrogens with zero attached hydrogens (tertiary/aromatic N) is 1. The van der Waals surface area contributed by atoms with Crippen LogP contribution in [-0.4, -0.2) is 19.1 Å². The zero-order valence-electron chi connectivity index (χ0n) is 18.4. The molecule has 0 aliphatic heterocycles. The van der Waals surface area contributed by atoms with Crippen LogP contribution in [0.3, 0.4) is 0 Å². The number of aromatic nitrogens is 1. The molecule has 1 N–H and O–H groups in total. The van der Waals surface area contributed by atoms with Gasteiger partial charge in [-0.2, -0.15) is 31.1 Å². The minimum absolute atomic E-state index is 0.0233. The molecular weight excluding hydrogens is 497 g/mol. The van der Waals surface area contributed by atoms with Crippen molar-refractivity contribution in [3.05, 3.63) is 106 Å². The van der Waals surface area contributed by atoms with Crippen molar-refractivity contribution in [1.29, 1.82) is 0 Å². The van der Waals surface area contributed by atoms with Crippen LogP contribution in [0.2, 0.25) is 0 Å². The molecule has 1 aromatic heterocycles. The maximum atomic E-state index is 13.3. The van der Waals surface area contributed by atoms with E-state index in [2.05, 4.69) is 5.32 Å². The number of alkyl halides is 6. The quantitative estimate of drug-likeness (QED) is 0.254. The van der Waals surface area contributed by atoms with Crippen LogP contribution in [0.5, 0.6) is 0 Å². The molecule has 0 fully saturated rings. The Bertz CT molecular complexity index is 1160. The molecule has 2 aromatic carbocycles. The lowest BCUT2D eigenvalue weighted by atomic mass is 9.99. The molecule has 3 aromatic rings. The van der Waals surface area contributed by atoms with Gasteiger partial charge >= 0.3 is 12.4 Å². The Morgan fingerprint density at radius 2 is 1.58 bits per heavy atom. The van der Waals surface area contributed by atoms with Gasteiger partial charge in [-0.3, -0.25) is 4.79 Å². The topological polar surface area (TPSA) is 65.3 Å². The number of amides is 1. The Kier molecular flexibility index (Phi) is 8.18. The SMILES string of the molecule is O=C(NCC(COCc1cc(C(F)(F)F)cc(C(F)(F)F)c1)c1ccc(F)cc1)c1ccc[n+]([O-])c1. The number of hydrogen-bond donors (Lipinski definition) is 1. The number of rotatable bonds is 8. The first-order valence-corrected chi connectivity index (χ1v) is 10.4. The predicted molar refractivity (Wildman–Crippen MR) is 113 cm³/mol. The fourth-order valence-electron chi connectivity index (χ4n) is 3.34. The van der Waals surface area contributed by atoms with Gasteiger partial charge in [-0.25, -0.2) is 4.39 Å². The molecular formula is C24H19F7N2O3. The summed E-state index contributed by atoms with van der Waals surface area (Å²) >= 11 is 0. The van der Waals surface area contributed by atoms with Gasteiger partial charge in [-0.05, 0) is 47.5 Å². The lowest BCUT2D eigenvalue weighted by molar-refractivity contribution is -0.605. The molecule has 1 atom stereocenters. The van der Waals surface area contributed by atoms with Gasteiger partial charge in [0.25, 0.3) is 5.91 Å². The zero-order valence-corrected chi connectivity index (χ0v) is 18.4. The largest absolute Gasteiger partial charge is 0.619 e. The van der Waals surface area contributed by atoms with Gasteiger partial charge in [0.05, 0.1) is 24.3 Å². The van der Waals surface area contributed by atoms with Crippen LogP contribution in [-0.2, 0) is 23.7 Å². The van der Waals surface area contributed by atoms with Crippen molar-refractivity contribution in [1.82, 2.24) is 5.32 Å². The molecule has 0 spiro atoms. The van der Waals surface area contributed by atoms with Gasteiger partial charge in [0.1, 0.15) is 11.4 Å². The van der Waals surface area contributed by atoms with Crippen molar-refractivity contribution in [3.63, 3.8) is 0 Å². The first kappa shape index (κ1) is 26.9. The second-order valence-electron chi connectivity index (χ2n) is 7.84. The van der Waals surface area contributed by atoms with Crippen molar-refractivity contribution in [2.45, 2.75) is 24.9 Å². The summed E-state index contributed by atoms with van der Waals surface area (Å²) in [5, 5.41) is 14.0. The molecule has 5 nitrogen and oxygen atoms in total. The molecule has 0 saturated carbocycles. The lowest BCUT2D eigenvalue weighted by Crippen LogP contribution is -2.33. The molecule has 0 bridgehead atoms. The highest BCUT2D eigenvalue weighted by molar-refractivity contribution is 5.93. The van der Waals surface area contributed by atoms with E-state index in [4.69, 9.17) is 4.74 Å². The molecule has 0 aliphatic carbocycles. The molecule has 12 heteroatoms. The normalized spacial score (nSPS) is 12.9. The third kappa shape index (κ3) is 7.41. The van der Waals surface area contributed by atoms with Crippen LogP contribution < -0.4 is 10.0 Å². The van der Waals surface area contributed by atoms with Crippen LogP contribution in [0.4, 0.5) is 30.7 Å². The molecule has 1 heterocycles. The third-order valence-corrected chi connectivity index (χ3v) is 5.12. The molecule has 0 saturated heterocycles. The smallest absolute Gasteiger partial charge is 0.416 e. The van der Waals surface area contributed by atoms with Crippen LogP contribution in [0.1, 0.15) is 38.5 Å². The van der Waals surface area contributed by atoms with Crippen LogP contribution in [0.25, 0.3) is 0 Å². The van der Waals surface area contributed by atoms with E-state index in [9.17, 15) is 40.7 Å². The summed E-state index contributed by atoms with van der Waals surface area (Å²) in [5.74, 6) is -1.76. The summed E-state index contributed by atoms with van der Waals surface area (Å²) in [5.41, 5.74) is -2.70. The molecule has 1 amide bonds. The van der Waals surface area contributed by atoms with E-state index < -0.39 is 47.7 Å². The molecule has 1 unspecified atom stereocenters. The maximum absolute atomic E-state index is 13.3. The van der Waals surface area contributed by atoms with Gasteiger partial charge in [-0.15, -0.1) is 0 Å². The zero-order chi connectivity index (χ0) is 26.5. The molecule has 0 radical (unpaired) electrons. The lowest BCUT2D eigenvalue weighted by Gasteiger charge is -2.19.